The molecule has 0 fully saturated rings. The van der Waals surface area contributed by atoms with Crippen LogP contribution in [0.3, 0.4) is 0 Å². The van der Waals surface area contributed by atoms with Gasteiger partial charge >= 0.3 is 6.18 Å². The Hall–Kier alpha value is -0.210. The summed E-state index contributed by atoms with van der Waals surface area (Å²) in [6.45, 7) is 6.51. The molecule has 11 heavy (non-hydrogen) atoms. The van der Waals surface area contributed by atoms with Gasteiger partial charge in [0.1, 0.15) is 0 Å². The first-order valence-electron chi connectivity index (χ1n) is 3.83. The van der Waals surface area contributed by atoms with Crippen molar-refractivity contribution in [3.63, 3.8) is 0 Å². The zero-order valence-electron chi connectivity index (χ0n) is 7.37. The van der Waals surface area contributed by atoms with Crippen LogP contribution < -0.4 is 0 Å². The molecule has 0 N–H and O–H groups in total. The average Bonchev–Trinajstić information content (AvgIpc) is 1.82. The summed E-state index contributed by atoms with van der Waals surface area (Å²) in [5, 5.41) is 0. The Morgan fingerprint density at radius 1 is 0.909 bits per heavy atom. The van der Waals surface area contributed by atoms with Crippen LogP contribution in [0.25, 0.3) is 0 Å². The predicted molar refractivity (Wildman–Crippen MR) is 39.2 cm³/mol. The smallest absolute Gasteiger partial charge is 0.171 e. The van der Waals surface area contributed by atoms with E-state index >= 15 is 0 Å². The summed E-state index contributed by atoms with van der Waals surface area (Å²) >= 11 is 0. The number of rotatable bonds is 2. The number of halogens is 3. The van der Waals surface area contributed by atoms with Gasteiger partial charge in [0.05, 0.1) is 5.92 Å². The third-order valence-electron chi connectivity index (χ3n) is 2.36. The highest BCUT2D eigenvalue weighted by molar-refractivity contribution is 4.71. The van der Waals surface area contributed by atoms with Gasteiger partial charge in [-0.25, -0.2) is 0 Å². The van der Waals surface area contributed by atoms with Crippen molar-refractivity contribution in [1.29, 1.82) is 0 Å². The standard InChI is InChI=1S/C8H15F3/c1-5(2)6(3)7(4)8(9,10)11/h5-7H,1-4H3/t6-,7?/m1/s1. The van der Waals surface area contributed by atoms with Crippen LogP contribution in [0.4, 0.5) is 13.2 Å². The second kappa shape index (κ2) is 3.46. The summed E-state index contributed by atoms with van der Waals surface area (Å²) < 4.78 is 36.2. The summed E-state index contributed by atoms with van der Waals surface area (Å²) in [6, 6.07) is 0. The molecule has 0 saturated heterocycles. The largest absolute Gasteiger partial charge is 0.391 e. The van der Waals surface area contributed by atoms with Crippen LogP contribution in [0.1, 0.15) is 27.7 Å². The predicted octanol–water partition coefficient (Wildman–Crippen LogP) is 3.48. The Kier molecular flexibility index (Phi) is 3.39. The van der Waals surface area contributed by atoms with Crippen LogP contribution >= 0.6 is 0 Å². The topological polar surface area (TPSA) is 0 Å². The maximum Gasteiger partial charge on any atom is 0.391 e. The van der Waals surface area contributed by atoms with Crippen LogP contribution in [-0.2, 0) is 0 Å². The molecule has 0 rings (SSSR count). The van der Waals surface area contributed by atoms with Crippen molar-refractivity contribution >= 4 is 0 Å². The minimum absolute atomic E-state index is 0.0895. The lowest BCUT2D eigenvalue weighted by Gasteiger charge is -2.25. The molecule has 0 aromatic rings. The van der Waals surface area contributed by atoms with E-state index in [9.17, 15) is 13.2 Å². The van der Waals surface area contributed by atoms with Crippen molar-refractivity contribution in [2.75, 3.05) is 0 Å². The van der Waals surface area contributed by atoms with Crippen molar-refractivity contribution in [3.05, 3.63) is 0 Å². The summed E-state index contributed by atoms with van der Waals surface area (Å²) in [5.41, 5.74) is 0. The maximum atomic E-state index is 12.1. The molecule has 0 aliphatic rings. The second-order valence-electron chi connectivity index (χ2n) is 3.43. The fourth-order valence-electron chi connectivity index (χ4n) is 0.875. The zero-order valence-corrected chi connectivity index (χ0v) is 7.37. The van der Waals surface area contributed by atoms with Crippen molar-refractivity contribution in [3.8, 4) is 0 Å². The SMILES string of the molecule is CC(C)[C@@H](C)C(C)C(F)(F)F. The molecule has 0 aliphatic heterocycles. The average molecular weight is 168 g/mol. The molecular formula is C8H15F3. The van der Waals surface area contributed by atoms with E-state index in [0.29, 0.717) is 0 Å². The first-order chi connectivity index (χ1) is 4.76. The van der Waals surface area contributed by atoms with Gasteiger partial charge in [-0.05, 0) is 11.8 Å². The second-order valence-corrected chi connectivity index (χ2v) is 3.43. The molecule has 0 aromatic heterocycles. The minimum Gasteiger partial charge on any atom is -0.171 e. The van der Waals surface area contributed by atoms with E-state index in [0.717, 1.165) is 0 Å². The summed E-state index contributed by atoms with van der Waals surface area (Å²) in [5.74, 6) is -1.40. The molecule has 0 nitrogen and oxygen atoms in total. The van der Waals surface area contributed by atoms with Crippen molar-refractivity contribution < 1.29 is 13.2 Å². The molecule has 2 atom stereocenters. The fourth-order valence-corrected chi connectivity index (χ4v) is 0.875. The van der Waals surface area contributed by atoms with Crippen LogP contribution in [0.2, 0.25) is 0 Å². The van der Waals surface area contributed by atoms with Gasteiger partial charge < -0.3 is 0 Å². The Labute approximate surface area is 65.8 Å². The molecule has 0 aliphatic carbocycles. The van der Waals surface area contributed by atoms with Gasteiger partial charge in [0.2, 0.25) is 0 Å². The molecule has 0 radical (unpaired) electrons. The first kappa shape index (κ1) is 10.8. The van der Waals surface area contributed by atoms with Crippen LogP contribution in [0, 0.1) is 17.8 Å². The molecular weight excluding hydrogens is 153 g/mol. The van der Waals surface area contributed by atoms with Crippen molar-refractivity contribution in [2.24, 2.45) is 17.8 Å². The molecule has 0 amide bonds. The number of alkyl halides is 3. The monoisotopic (exact) mass is 168 g/mol. The third kappa shape index (κ3) is 3.12. The van der Waals surface area contributed by atoms with E-state index in [-0.39, 0.29) is 11.8 Å². The van der Waals surface area contributed by atoms with Crippen LogP contribution in [0.5, 0.6) is 0 Å². The van der Waals surface area contributed by atoms with Gasteiger partial charge in [-0.2, -0.15) is 13.2 Å². The zero-order chi connectivity index (χ0) is 9.23. The van der Waals surface area contributed by atoms with Crippen LogP contribution in [0.15, 0.2) is 0 Å². The summed E-state index contributed by atoms with van der Waals surface area (Å²) in [7, 11) is 0. The van der Waals surface area contributed by atoms with E-state index in [4.69, 9.17) is 0 Å². The maximum absolute atomic E-state index is 12.1. The summed E-state index contributed by atoms with van der Waals surface area (Å²) in [4.78, 5) is 0. The molecule has 0 aromatic carbocycles. The van der Waals surface area contributed by atoms with Crippen molar-refractivity contribution in [1.82, 2.24) is 0 Å². The summed E-state index contributed by atoms with van der Waals surface area (Å²) in [6.07, 6.45) is -4.04. The lowest BCUT2D eigenvalue weighted by molar-refractivity contribution is -0.185. The fraction of sp³-hybridized carbons (Fsp3) is 1.00. The molecule has 3 heteroatoms. The van der Waals surface area contributed by atoms with E-state index in [1.54, 1.807) is 6.92 Å². The number of hydrogen-bond acceptors (Lipinski definition) is 0. The Bertz CT molecular complexity index is 115. The molecule has 0 saturated carbocycles. The quantitative estimate of drug-likeness (QED) is 0.592. The Morgan fingerprint density at radius 2 is 1.27 bits per heavy atom. The van der Waals surface area contributed by atoms with Crippen LogP contribution in [-0.4, -0.2) is 6.18 Å². The highest BCUT2D eigenvalue weighted by Crippen LogP contribution is 2.34. The molecule has 0 heterocycles. The lowest BCUT2D eigenvalue weighted by Crippen LogP contribution is -2.28. The number of hydrogen-bond donors (Lipinski definition) is 0. The molecule has 0 spiro atoms. The van der Waals surface area contributed by atoms with Gasteiger partial charge in [-0.1, -0.05) is 27.7 Å². The molecule has 0 bridgehead atoms. The van der Waals surface area contributed by atoms with E-state index in [2.05, 4.69) is 0 Å². The van der Waals surface area contributed by atoms with E-state index < -0.39 is 12.1 Å². The third-order valence-corrected chi connectivity index (χ3v) is 2.36. The van der Waals surface area contributed by atoms with Gasteiger partial charge in [-0.3, -0.25) is 0 Å². The van der Waals surface area contributed by atoms with Crippen molar-refractivity contribution in [2.45, 2.75) is 33.9 Å². The molecule has 68 valence electrons. The Balaban J connectivity index is 4.13. The first-order valence-corrected chi connectivity index (χ1v) is 3.83. The highest BCUT2D eigenvalue weighted by Gasteiger charge is 2.39. The van der Waals surface area contributed by atoms with E-state index in [1.165, 1.54) is 6.92 Å². The lowest BCUT2D eigenvalue weighted by atomic mass is 9.86. The van der Waals surface area contributed by atoms with Gasteiger partial charge in [-0.15, -0.1) is 0 Å². The molecule has 1 unspecified atom stereocenters. The van der Waals surface area contributed by atoms with Gasteiger partial charge in [0.25, 0.3) is 0 Å². The Morgan fingerprint density at radius 3 is 1.36 bits per heavy atom. The van der Waals surface area contributed by atoms with E-state index in [1.807, 2.05) is 13.8 Å². The van der Waals surface area contributed by atoms with Gasteiger partial charge in [0.15, 0.2) is 0 Å². The highest BCUT2D eigenvalue weighted by atomic mass is 19.4. The van der Waals surface area contributed by atoms with Gasteiger partial charge in [0, 0.05) is 0 Å². The normalized spacial score (nSPS) is 18.5. The minimum atomic E-state index is -4.04.